The highest BCUT2D eigenvalue weighted by molar-refractivity contribution is 5.95. The Morgan fingerprint density at radius 1 is 0.909 bits per heavy atom. The van der Waals surface area contributed by atoms with Gasteiger partial charge in [-0.1, -0.05) is 36.4 Å². The van der Waals surface area contributed by atoms with E-state index in [1.54, 1.807) is 24.3 Å². The number of nitrogens with one attached hydrogen (secondary N) is 2. The molecule has 2 N–H and O–H groups in total. The molecule has 0 saturated heterocycles. The van der Waals surface area contributed by atoms with Gasteiger partial charge in [0, 0.05) is 17.8 Å². The molecule has 0 fully saturated rings. The Hall–Kier alpha value is -2.82. The molecule has 22 heavy (non-hydrogen) atoms. The topological polar surface area (TPSA) is 61.4 Å². The SMILES string of the molecule is CCN(CC(=O)NNC(=O)c1ccccc1)c1ccccc1. The summed E-state index contributed by atoms with van der Waals surface area (Å²) in [5.74, 6) is -0.605. The minimum Gasteiger partial charge on any atom is -0.362 e. The molecule has 2 rings (SSSR count). The van der Waals surface area contributed by atoms with E-state index in [9.17, 15) is 9.59 Å². The van der Waals surface area contributed by atoms with Crippen LogP contribution in [0.4, 0.5) is 5.69 Å². The first kappa shape index (κ1) is 15.6. The lowest BCUT2D eigenvalue weighted by atomic mass is 10.2. The van der Waals surface area contributed by atoms with Crippen molar-refractivity contribution in [1.29, 1.82) is 0 Å². The standard InChI is InChI=1S/C17H19N3O2/c1-2-20(15-11-7-4-8-12-15)13-16(21)18-19-17(22)14-9-5-3-6-10-14/h3-12H,2,13H2,1H3,(H,18,21)(H,19,22). The van der Waals surface area contributed by atoms with Crippen LogP contribution in [0.15, 0.2) is 60.7 Å². The van der Waals surface area contributed by atoms with Crippen LogP contribution >= 0.6 is 0 Å². The van der Waals surface area contributed by atoms with Crippen LogP contribution in [-0.4, -0.2) is 24.9 Å². The number of nitrogens with zero attached hydrogens (tertiary/aromatic N) is 1. The Morgan fingerprint density at radius 2 is 1.50 bits per heavy atom. The third-order valence-electron chi connectivity index (χ3n) is 3.19. The lowest BCUT2D eigenvalue weighted by Gasteiger charge is -2.22. The summed E-state index contributed by atoms with van der Waals surface area (Å²) in [4.78, 5) is 25.7. The summed E-state index contributed by atoms with van der Waals surface area (Å²) in [6.45, 7) is 2.85. The molecule has 2 amide bonds. The normalized spacial score (nSPS) is 9.86. The fourth-order valence-corrected chi connectivity index (χ4v) is 2.03. The Labute approximate surface area is 129 Å². The number of amides is 2. The molecule has 2 aromatic rings. The molecule has 0 saturated carbocycles. The zero-order valence-electron chi connectivity index (χ0n) is 12.5. The third kappa shape index (κ3) is 4.34. The Morgan fingerprint density at radius 3 is 2.09 bits per heavy atom. The third-order valence-corrected chi connectivity index (χ3v) is 3.19. The molecule has 0 aliphatic heterocycles. The fraction of sp³-hybridized carbons (Fsp3) is 0.176. The zero-order valence-corrected chi connectivity index (χ0v) is 12.5. The van der Waals surface area contributed by atoms with Gasteiger partial charge in [-0.15, -0.1) is 0 Å². The van der Waals surface area contributed by atoms with Crippen LogP contribution in [0.25, 0.3) is 0 Å². The van der Waals surface area contributed by atoms with E-state index >= 15 is 0 Å². The van der Waals surface area contributed by atoms with Crippen molar-refractivity contribution in [2.75, 3.05) is 18.0 Å². The molecule has 0 heterocycles. The summed E-state index contributed by atoms with van der Waals surface area (Å²) in [6, 6.07) is 18.4. The fourth-order valence-electron chi connectivity index (χ4n) is 2.03. The van der Waals surface area contributed by atoms with E-state index in [1.165, 1.54) is 0 Å². The highest BCUT2D eigenvalue weighted by atomic mass is 16.2. The maximum absolute atomic E-state index is 12.0. The van der Waals surface area contributed by atoms with E-state index in [0.717, 1.165) is 5.69 Å². The second kappa shape index (κ2) is 7.83. The number of para-hydroxylation sites is 1. The van der Waals surface area contributed by atoms with Crippen LogP contribution in [0.2, 0.25) is 0 Å². The molecule has 0 aliphatic rings. The number of hydrogen-bond donors (Lipinski definition) is 2. The molecular formula is C17H19N3O2. The number of carbonyl (C=O) groups excluding carboxylic acids is 2. The van der Waals surface area contributed by atoms with Crippen molar-refractivity contribution in [3.05, 3.63) is 66.2 Å². The van der Waals surface area contributed by atoms with E-state index in [1.807, 2.05) is 48.2 Å². The highest BCUT2D eigenvalue weighted by Crippen LogP contribution is 2.11. The number of benzene rings is 2. The van der Waals surface area contributed by atoms with Gasteiger partial charge >= 0.3 is 0 Å². The van der Waals surface area contributed by atoms with Crippen molar-refractivity contribution in [1.82, 2.24) is 10.9 Å². The Bertz CT molecular complexity index is 614. The summed E-state index contributed by atoms with van der Waals surface area (Å²) in [6.07, 6.45) is 0. The second-order valence-corrected chi connectivity index (χ2v) is 4.72. The van der Waals surface area contributed by atoms with Gasteiger partial charge in [0.2, 0.25) is 0 Å². The molecule has 114 valence electrons. The number of anilines is 1. The molecule has 0 spiro atoms. The average Bonchev–Trinajstić information content (AvgIpc) is 2.59. The number of hydrogen-bond acceptors (Lipinski definition) is 3. The van der Waals surface area contributed by atoms with E-state index in [-0.39, 0.29) is 18.4 Å². The first-order chi connectivity index (χ1) is 10.7. The molecule has 0 unspecified atom stereocenters. The number of hydrazine groups is 1. The van der Waals surface area contributed by atoms with Crippen molar-refractivity contribution in [2.24, 2.45) is 0 Å². The van der Waals surface area contributed by atoms with Crippen molar-refractivity contribution < 1.29 is 9.59 Å². The first-order valence-corrected chi connectivity index (χ1v) is 7.15. The van der Waals surface area contributed by atoms with Gasteiger partial charge in [-0.05, 0) is 31.2 Å². The largest absolute Gasteiger partial charge is 0.362 e. The summed E-state index contributed by atoms with van der Waals surface area (Å²) in [5, 5.41) is 0. The van der Waals surface area contributed by atoms with Crippen molar-refractivity contribution >= 4 is 17.5 Å². The number of rotatable bonds is 5. The van der Waals surface area contributed by atoms with Crippen molar-refractivity contribution in [2.45, 2.75) is 6.92 Å². The maximum atomic E-state index is 12.0. The predicted octanol–water partition coefficient (Wildman–Crippen LogP) is 1.97. The van der Waals surface area contributed by atoms with Crippen LogP contribution in [0.5, 0.6) is 0 Å². The van der Waals surface area contributed by atoms with Gasteiger partial charge in [0.05, 0.1) is 6.54 Å². The molecule has 5 nitrogen and oxygen atoms in total. The van der Waals surface area contributed by atoms with E-state index in [0.29, 0.717) is 12.1 Å². The van der Waals surface area contributed by atoms with Crippen LogP contribution in [0.1, 0.15) is 17.3 Å². The molecule has 0 bridgehead atoms. The quantitative estimate of drug-likeness (QED) is 0.830. The summed E-state index contributed by atoms with van der Waals surface area (Å²) < 4.78 is 0. The Balaban J connectivity index is 1.86. The summed E-state index contributed by atoms with van der Waals surface area (Å²) in [7, 11) is 0. The minimum absolute atomic E-state index is 0.176. The van der Waals surface area contributed by atoms with Gasteiger partial charge in [-0.2, -0.15) is 0 Å². The predicted molar refractivity (Wildman–Crippen MR) is 86.4 cm³/mol. The monoisotopic (exact) mass is 297 g/mol. The molecule has 0 aliphatic carbocycles. The van der Waals surface area contributed by atoms with Crippen molar-refractivity contribution in [3.8, 4) is 0 Å². The van der Waals surface area contributed by atoms with Gasteiger partial charge in [0.15, 0.2) is 0 Å². The second-order valence-electron chi connectivity index (χ2n) is 4.72. The molecular weight excluding hydrogens is 278 g/mol. The zero-order chi connectivity index (χ0) is 15.8. The van der Waals surface area contributed by atoms with Crippen LogP contribution in [-0.2, 0) is 4.79 Å². The van der Waals surface area contributed by atoms with E-state index in [2.05, 4.69) is 10.9 Å². The van der Waals surface area contributed by atoms with Gasteiger partial charge in [0.25, 0.3) is 11.8 Å². The molecule has 0 atom stereocenters. The number of likely N-dealkylation sites (N-methyl/N-ethyl adjacent to an activating group) is 1. The lowest BCUT2D eigenvalue weighted by Crippen LogP contribution is -2.46. The summed E-state index contributed by atoms with van der Waals surface area (Å²) >= 11 is 0. The molecule has 0 aromatic heterocycles. The van der Waals surface area contributed by atoms with E-state index in [4.69, 9.17) is 0 Å². The Kier molecular flexibility index (Phi) is 5.54. The minimum atomic E-state index is -0.336. The summed E-state index contributed by atoms with van der Waals surface area (Å²) in [5.41, 5.74) is 6.32. The molecule has 0 radical (unpaired) electrons. The van der Waals surface area contributed by atoms with Gasteiger partial charge < -0.3 is 4.90 Å². The molecule has 5 heteroatoms. The maximum Gasteiger partial charge on any atom is 0.269 e. The van der Waals surface area contributed by atoms with Gasteiger partial charge in [0.1, 0.15) is 0 Å². The lowest BCUT2D eigenvalue weighted by molar-refractivity contribution is -0.120. The highest BCUT2D eigenvalue weighted by Gasteiger charge is 2.11. The van der Waals surface area contributed by atoms with Crippen LogP contribution < -0.4 is 15.8 Å². The van der Waals surface area contributed by atoms with E-state index < -0.39 is 0 Å². The molecule has 2 aromatic carbocycles. The number of carbonyl (C=O) groups is 2. The van der Waals surface area contributed by atoms with Gasteiger partial charge in [-0.25, -0.2) is 0 Å². The van der Waals surface area contributed by atoms with Crippen LogP contribution in [0, 0.1) is 0 Å². The average molecular weight is 297 g/mol. The smallest absolute Gasteiger partial charge is 0.269 e. The van der Waals surface area contributed by atoms with Crippen molar-refractivity contribution in [3.63, 3.8) is 0 Å². The van der Waals surface area contributed by atoms with Gasteiger partial charge in [-0.3, -0.25) is 20.4 Å². The first-order valence-electron chi connectivity index (χ1n) is 7.15. The van der Waals surface area contributed by atoms with Crippen LogP contribution in [0.3, 0.4) is 0 Å².